The second kappa shape index (κ2) is 6.90. The number of aryl methyl sites for hydroxylation is 1. The molecule has 0 saturated heterocycles. The molecule has 0 aliphatic heterocycles. The third-order valence-electron chi connectivity index (χ3n) is 4.15. The van der Waals surface area contributed by atoms with Crippen LogP contribution in [-0.2, 0) is 13.1 Å². The van der Waals surface area contributed by atoms with E-state index in [1.165, 1.54) is 0 Å². The smallest absolute Gasteiger partial charge is 0.259 e. The summed E-state index contributed by atoms with van der Waals surface area (Å²) in [5.41, 5.74) is 1.01. The number of nitrogens with zero attached hydrogens (tertiary/aromatic N) is 2. The standard InChI is InChI=1S/C20H19N3O2S/c1-13-8-9-15(25-13)11-23(2)12-18-21-19(24)16-10-17(26-20(16)22-18)14-6-4-3-5-7-14/h3-10H,11-12H2,1-2H3,(H,21,22,24). The Morgan fingerprint density at radius 1 is 1.15 bits per heavy atom. The number of benzene rings is 1. The maximum Gasteiger partial charge on any atom is 0.259 e. The lowest BCUT2D eigenvalue weighted by atomic mass is 10.2. The van der Waals surface area contributed by atoms with Crippen LogP contribution < -0.4 is 5.56 Å². The minimum atomic E-state index is -0.0920. The Kier molecular flexibility index (Phi) is 4.44. The van der Waals surface area contributed by atoms with Crippen LogP contribution in [-0.4, -0.2) is 21.9 Å². The van der Waals surface area contributed by atoms with Gasteiger partial charge in [0, 0.05) is 4.88 Å². The molecule has 0 atom stereocenters. The topological polar surface area (TPSA) is 62.1 Å². The minimum absolute atomic E-state index is 0.0920. The van der Waals surface area contributed by atoms with Crippen molar-refractivity contribution in [3.8, 4) is 10.4 Å². The van der Waals surface area contributed by atoms with E-state index in [-0.39, 0.29) is 5.56 Å². The molecular formula is C20H19N3O2S. The Bertz CT molecular complexity index is 1100. The Balaban J connectivity index is 1.59. The first-order chi connectivity index (χ1) is 12.6. The summed E-state index contributed by atoms with van der Waals surface area (Å²) in [6.07, 6.45) is 0. The van der Waals surface area contributed by atoms with Gasteiger partial charge in [0.25, 0.3) is 5.56 Å². The number of nitrogens with one attached hydrogen (secondary N) is 1. The summed E-state index contributed by atoms with van der Waals surface area (Å²) in [5, 5.41) is 0.641. The SMILES string of the molecule is Cc1ccc(CN(C)Cc2nc3sc(-c4ccccc4)cc3c(=O)[nH]2)o1. The first-order valence-corrected chi connectivity index (χ1v) is 9.22. The van der Waals surface area contributed by atoms with E-state index in [9.17, 15) is 4.79 Å². The number of hydrogen-bond acceptors (Lipinski definition) is 5. The number of hydrogen-bond donors (Lipinski definition) is 1. The molecule has 26 heavy (non-hydrogen) atoms. The molecule has 5 nitrogen and oxygen atoms in total. The zero-order chi connectivity index (χ0) is 18.1. The van der Waals surface area contributed by atoms with Crippen molar-refractivity contribution in [3.63, 3.8) is 0 Å². The van der Waals surface area contributed by atoms with E-state index in [2.05, 4.69) is 14.9 Å². The summed E-state index contributed by atoms with van der Waals surface area (Å²) >= 11 is 1.54. The molecule has 6 heteroatoms. The molecule has 0 saturated carbocycles. The molecule has 0 aliphatic carbocycles. The van der Waals surface area contributed by atoms with Gasteiger partial charge >= 0.3 is 0 Å². The molecular weight excluding hydrogens is 346 g/mol. The molecule has 1 N–H and O–H groups in total. The van der Waals surface area contributed by atoms with Crippen molar-refractivity contribution < 1.29 is 4.42 Å². The van der Waals surface area contributed by atoms with Crippen molar-refractivity contribution in [1.29, 1.82) is 0 Å². The summed E-state index contributed by atoms with van der Waals surface area (Å²) < 4.78 is 5.61. The lowest BCUT2D eigenvalue weighted by molar-refractivity contribution is 0.279. The maximum atomic E-state index is 12.5. The Labute approximate surface area is 154 Å². The molecule has 0 fully saturated rings. The van der Waals surface area contributed by atoms with E-state index in [4.69, 9.17) is 4.42 Å². The molecule has 3 heterocycles. The molecule has 4 aromatic rings. The highest BCUT2D eigenvalue weighted by Gasteiger charge is 2.12. The fourth-order valence-electron chi connectivity index (χ4n) is 2.94. The van der Waals surface area contributed by atoms with E-state index in [0.717, 1.165) is 26.8 Å². The first-order valence-electron chi connectivity index (χ1n) is 8.40. The lowest BCUT2D eigenvalue weighted by Gasteiger charge is -2.14. The van der Waals surface area contributed by atoms with Gasteiger partial charge in [0.05, 0.1) is 18.5 Å². The number of H-pyrrole nitrogens is 1. The first kappa shape index (κ1) is 16.8. The summed E-state index contributed by atoms with van der Waals surface area (Å²) in [4.78, 5) is 23.9. The highest BCUT2D eigenvalue weighted by atomic mass is 32.1. The van der Waals surface area contributed by atoms with E-state index in [1.54, 1.807) is 11.3 Å². The van der Waals surface area contributed by atoms with E-state index in [0.29, 0.717) is 24.3 Å². The number of aromatic amines is 1. The molecule has 1 aromatic carbocycles. The Hall–Kier alpha value is -2.70. The fraction of sp³-hybridized carbons (Fsp3) is 0.200. The fourth-order valence-corrected chi connectivity index (χ4v) is 4.00. The van der Waals surface area contributed by atoms with Gasteiger partial charge < -0.3 is 9.40 Å². The number of rotatable bonds is 5. The molecule has 0 bridgehead atoms. The lowest BCUT2D eigenvalue weighted by Crippen LogP contribution is -2.21. The van der Waals surface area contributed by atoms with Gasteiger partial charge in [-0.3, -0.25) is 9.69 Å². The zero-order valence-electron chi connectivity index (χ0n) is 14.7. The molecule has 0 amide bonds. The van der Waals surface area contributed by atoms with E-state index < -0.39 is 0 Å². The van der Waals surface area contributed by atoms with E-state index >= 15 is 0 Å². The monoisotopic (exact) mass is 365 g/mol. The molecule has 0 unspecified atom stereocenters. The third-order valence-corrected chi connectivity index (χ3v) is 5.23. The van der Waals surface area contributed by atoms with Gasteiger partial charge in [0.15, 0.2) is 0 Å². The van der Waals surface area contributed by atoms with E-state index in [1.807, 2.05) is 62.5 Å². The molecule has 132 valence electrons. The van der Waals surface area contributed by atoms with Crippen LogP contribution in [0.2, 0.25) is 0 Å². The predicted octanol–water partition coefficient (Wildman–Crippen LogP) is 4.19. The highest BCUT2D eigenvalue weighted by Crippen LogP contribution is 2.30. The Morgan fingerprint density at radius 3 is 2.69 bits per heavy atom. The Morgan fingerprint density at radius 2 is 1.96 bits per heavy atom. The van der Waals surface area contributed by atoms with Crippen molar-refractivity contribution in [1.82, 2.24) is 14.9 Å². The normalized spacial score (nSPS) is 11.5. The third kappa shape index (κ3) is 3.47. The van der Waals surface area contributed by atoms with Gasteiger partial charge in [-0.05, 0) is 37.7 Å². The molecule has 4 rings (SSSR count). The molecule has 0 radical (unpaired) electrons. The van der Waals surface area contributed by atoms with Crippen molar-refractivity contribution in [2.75, 3.05) is 7.05 Å². The van der Waals surface area contributed by atoms with Gasteiger partial charge in [0.1, 0.15) is 22.2 Å². The summed E-state index contributed by atoms with van der Waals surface area (Å²) in [5.74, 6) is 2.46. The second-order valence-electron chi connectivity index (χ2n) is 6.39. The van der Waals surface area contributed by atoms with Crippen LogP contribution in [0.4, 0.5) is 0 Å². The van der Waals surface area contributed by atoms with Crippen molar-refractivity contribution in [2.45, 2.75) is 20.0 Å². The van der Waals surface area contributed by atoms with Gasteiger partial charge in [-0.25, -0.2) is 4.98 Å². The maximum absolute atomic E-state index is 12.5. The van der Waals surface area contributed by atoms with Crippen LogP contribution >= 0.6 is 11.3 Å². The average Bonchev–Trinajstić information content (AvgIpc) is 3.22. The van der Waals surface area contributed by atoms with Gasteiger partial charge in [-0.2, -0.15) is 0 Å². The summed E-state index contributed by atoms with van der Waals surface area (Å²) in [7, 11) is 1.98. The molecule has 0 aliphatic rings. The largest absolute Gasteiger partial charge is 0.465 e. The minimum Gasteiger partial charge on any atom is -0.465 e. The van der Waals surface area contributed by atoms with Gasteiger partial charge in [-0.1, -0.05) is 30.3 Å². The van der Waals surface area contributed by atoms with Crippen LogP contribution in [0, 0.1) is 6.92 Å². The average molecular weight is 365 g/mol. The number of thiophene rings is 1. The van der Waals surface area contributed by atoms with Gasteiger partial charge in [0.2, 0.25) is 0 Å². The number of fused-ring (bicyclic) bond motifs is 1. The highest BCUT2D eigenvalue weighted by molar-refractivity contribution is 7.21. The predicted molar refractivity (Wildman–Crippen MR) is 104 cm³/mol. The van der Waals surface area contributed by atoms with Gasteiger partial charge in [-0.15, -0.1) is 11.3 Å². The van der Waals surface area contributed by atoms with Crippen molar-refractivity contribution in [2.24, 2.45) is 0 Å². The van der Waals surface area contributed by atoms with Crippen molar-refractivity contribution >= 4 is 21.6 Å². The van der Waals surface area contributed by atoms with Crippen LogP contribution in [0.1, 0.15) is 17.3 Å². The molecule has 3 aromatic heterocycles. The summed E-state index contributed by atoms with van der Waals surface area (Å²) in [6.45, 7) is 3.14. The quantitative estimate of drug-likeness (QED) is 0.576. The van der Waals surface area contributed by atoms with Crippen molar-refractivity contribution in [3.05, 3.63) is 76.2 Å². The van der Waals surface area contributed by atoms with Crippen LogP contribution in [0.15, 0.2) is 57.7 Å². The van der Waals surface area contributed by atoms with Crippen LogP contribution in [0.3, 0.4) is 0 Å². The molecule has 0 spiro atoms. The zero-order valence-corrected chi connectivity index (χ0v) is 15.5. The van der Waals surface area contributed by atoms with Crippen LogP contribution in [0.5, 0.6) is 0 Å². The number of furan rings is 1. The second-order valence-corrected chi connectivity index (χ2v) is 7.42. The number of aromatic nitrogens is 2. The summed E-state index contributed by atoms with van der Waals surface area (Å²) in [6, 6.07) is 15.9. The van der Waals surface area contributed by atoms with Crippen LogP contribution in [0.25, 0.3) is 20.7 Å².